The van der Waals surface area contributed by atoms with Gasteiger partial charge in [-0.3, -0.25) is 0 Å². The third-order valence-electron chi connectivity index (χ3n) is 3.78. The highest BCUT2D eigenvalue weighted by Crippen LogP contribution is 2.25. The molecule has 0 aromatic rings. The van der Waals surface area contributed by atoms with Crippen LogP contribution < -0.4 is 0 Å². The second-order valence-electron chi connectivity index (χ2n) is 5.11. The van der Waals surface area contributed by atoms with Crippen molar-refractivity contribution in [2.75, 3.05) is 0 Å². The van der Waals surface area contributed by atoms with Crippen LogP contribution in [0.25, 0.3) is 0 Å². The fourth-order valence-electron chi connectivity index (χ4n) is 2.76. The van der Waals surface area contributed by atoms with Crippen LogP contribution in [0.2, 0.25) is 0 Å². The van der Waals surface area contributed by atoms with Crippen molar-refractivity contribution in [1.82, 2.24) is 0 Å². The zero-order valence-electron chi connectivity index (χ0n) is 10.4. The normalized spacial score (nSPS) is 23.5. The van der Waals surface area contributed by atoms with Crippen LogP contribution in [0.5, 0.6) is 0 Å². The molecule has 0 spiro atoms. The van der Waals surface area contributed by atoms with Gasteiger partial charge in [0.2, 0.25) is 0 Å². The summed E-state index contributed by atoms with van der Waals surface area (Å²) in [5.74, 6) is 0. The Labute approximate surface area is 100 Å². The van der Waals surface area contributed by atoms with Crippen LogP contribution in [-0.4, -0.2) is 0 Å². The van der Waals surface area contributed by atoms with Gasteiger partial charge in [0.25, 0.3) is 0 Å². The van der Waals surface area contributed by atoms with E-state index in [1.807, 2.05) is 0 Å². The zero-order valence-corrected chi connectivity index (χ0v) is 10.4. The molecule has 0 bridgehead atoms. The van der Waals surface area contributed by atoms with Gasteiger partial charge in [0.05, 0.1) is 0 Å². The van der Waals surface area contributed by atoms with Crippen molar-refractivity contribution in [2.45, 2.75) is 64.2 Å². The largest absolute Gasteiger partial charge is 0.0630 e. The summed E-state index contributed by atoms with van der Waals surface area (Å²) in [4.78, 5) is 0. The van der Waals surface area contributed by atoms with E-state index in [4.69, 9.17) is 0 Å². The molecule has 0 aliphatic heterocycles. The lowest BCUT2D eigenvalue weighted by Gasteiger charge is -2.09. The highest BCUT2D eigenvalue weighted by molar-refractivity contribution is 5.43. The second-order valence-corrected chi connectivity index (χ2v) is 5.11. The second kappa shape index (κ2) is 6.73. The van der Waals surface area contributed by atoms with Crippen LogP contribution >= 0.6 is 0 Å². The molecule has 2 aliphatic rings. The predicted octanol–water partition coefficient (Wildman–Crippen LogP) is 5.32. The van der Waals surface area contributed by atoms with E-state index < -0.39 is 0 Å². The van der Waals surface area contributed by atoms with Crippen molar-refractivity contribution in [3.05, 3.63) is 35.5 Å². The average molecular weight is 216 g/mol. The Balaban J connectivity index is 1.95. The number of hydrogen-bond donors (Lipinski definition) is 0. The van der Waals surface area contributed by atoms with Gasteiger partial charge in [-0.1, -0.05) is 68.4 Å². The minimum Gasteiger partial charge on any atom is -0.0630 e. The van der Waals surface area contributed by atoms with E-state index in [0.717, 1.165) is 0 Å². The summed E-state index contributed by atoms with van der Waals surface area (Å²) in [6.45, 7) is 0. The highest BCUT2D eigenvalue weighted by Gasteiger charge is 2.06. The quantitative estimate of drug-likeness (QED) is 0.514. The smallest absolute Gasteiger partial charge is 0.0265 e. The maximum Gasteiger partial charge on any atom is -0.0265 e. The summed E-state index contributed by atoms with van der Waals surface area (Å²) in [6.07, 6.45) is 23.1. The van der Waals surface area contributed by atoms with Gasteiger partial charge in [0.15, 0.2) is 0 Å². The van der Waals surface area contributed by atoms with Crippen molar-refractivity contribution in [3.63, 3.8) is 0 Å². The molecule has 0 heteroatoms. The van der Waals surface area contributed by atoms with E-state index in [9.17, 15) is 0 Å². The van der Waals surface area contributed by atoms with Gasteiger partial charge >= 0.3 is 0 Å². The molecule has 16 heavy (non-hydrogen) atoms. The maximum atomic E-state index is 2.29. The summed E-state index contributed by atoms with van der Waals surface area (Å²) in [5.41, 5.74) is 3.23. The molecular formula is C16H24. The Morgan fingerprint density at radius 2 is 1.00 bits per heavy atom. The molecule has 0 heterocycles. The minimum atomic E-state index is 1.34. The molecule has 1 fully saturated rings. The molecule has 0 aromatic heterocycles. The monoisotopic (exact) mass is 216 g/mol. The third-order valence-corrected chi connectivity index (χ3v) is 3.78. The van der Waals surface area contributed by atoms with Gasteiger partial charge in [-0.15, -0.1) is 0 Å². The van der Waals surface area contributed by atoms with Gasteiger partial charge in [-0.05, 0) is 31.3 Å². The highest BCUT2D eigenvalue weighted by atomic mass is 14.1. The van der Waals surface area contributed by atoms with Crippen molar-refractivity contribution in [3.8, 4) is 0 Å². The first-order chi connectivity index (χ1) is 7.97. The Morgan fingerprint density at radius 1 is 0.562 bits per heavy atom. The van der Waals surface area contributed by atoms with Gasteiger partial charge < -0.3 is 0 Å². The van der Waals surface area contributed by atoms with Crippen molar-refractivity contribution < 1.29 is 0 Å². The number of rotatable bonds is 0. The van der Waals surface area contributed by atoms with Crippen LogP contribution in [-0.2, 0) is 0 Å². The van der Waals surface area contributed by atoms with E-state index in [0.29, 0.717) is 0 Å². The fraction of sp³-hybridized carbons (Fsp3) is 0.625. The van der Waals surface area contributed by atoms with Crippen LogP contribution in [0.3, 0.4) is 0 Å². The third kappa shape index (κ3) is 3.66. The number of allylic oxidation sites excluding steroid dienone is 6. The molecule has 0 amide bonds. The van der Waals surface area contributed by atoms with Crippen molar-refractivity contribution in [2.24, 2.45) is 0 Å². The van der Waals surface area contributed by atoms with E-state index in [1.165, 1.54) is 69.8 Å². The van der Waals surface area contributed by atoms with Gasteiger partial charge in [-0.25, -0.2) is 0 Å². The minimum absolute atomic E-state index is 1.34. The molecule has 0 radical (unpaired) electrons. The molecular weight excluding hydrogens is 192 g/mol. The van der Waals surface area contributed by atoms with Gasteiger partial charge in [0.1, 0.15) is 0 Å². The Kier molecular flexibility index (Phi) is 4.92. The summed E-state index contributed by atoms with van der Waals surface area (Å²) in [7, 11) is 0. The van der Waals surface area contributed by atoms with Gasteiger partial charge in [0, 0.05) is 0 Å². The predicted molar refractivity (Wildman–Crippen MR) is 71.5 cm³/mol. The molecule has 0 aromatic carbocycles. The summed E-state index contributed by atoms with van der Waals surface area (Å²) < 4.78 is 0. The van der Waals surface area contributed by atoms with Gasteiger partial charge in [-0.2, -0.15) is 0 Å². The summed E-state index contributed by atoms with van der Waals surface area (Å²) in [6, 6.07) is 0. The standard InChI is InChI=1S/C16H24/c1-2-4-6-8-12-15(11-7-5-3-1)16-13-9-10-14-16/h9-10,13-14H,1-8,11-12H2. The molecule has 1 saturated carbocycles. The Morgan fingerprint density at radius 3 is 1.50 bits per heavy atom. The maximum absolute atomic E-state index is 2.29. The van der Waals surface area contributed by atoms with E-state index in [2.05, 4.69) is 24.3 Å². The summed E-state index contributed by atoms with van der Waals surface area (Å²) >= 11 is 0. The fourth-order valence-corrected chi connectivity index (χ4v) is 2.76. The Hall–Kier alpha value is -0.780. The van der Waals surface area contributed by atoms with Crippen molar-refractivity contribution in [1.29, 1.82) is 0 Å². The van der Waals surface area contributed by atoms with Crippen LogP contribution in [0.1, 0.15) is 64.2 Å². The lowest BCUT2D eigenvalue weighted by atomic mass is 9.97. The molecule has 2 rings (SSSR count). The van der Waals surface area contributed by atoms with Crippen LogP contribution in [0.15, 0.2) is 35.5 Å². The lowest BCUT2D eigenvalue weighted by molar-refractivity contribution is 0.585. The first-order valence-corrected chi connectivity index (χ1v) is 7.03. The molecule has 0 unspecified atom stereocenters. The van der Waals surface area contributed by atoms with Crippen LogP contribution in [0, 0.1) is 0 Å². The molecule has 2 aliphatic carbocycles. The van der Waals surface area contributed by atoms with Crippen LogP contribution in [0.4, 0.5) is 0 Å². The SMILES string of the molecule is C1=CC(=C2CCCCCCCCCC2)C=C1. The molecule has 0 nitrogen and oxygen atoms in total. The van der Waals surface area contributed by atoms with E-state index in [1.54, 1.807) is 5.57 Å². The first kappa shape index (κ1) is 11.7. The molecule has 0 N–H and O–H groups in total. The first-order valence-electron chi connectivity index (χ1n) is 7.03. The molecule has 0 atom stereocenters. The number of hydrogen-bond acceptors (Lipinski definition) is 0. The molecule has 88 valence electrons. The topological polar surface area (TPSA) is 0 Å². The zero-order chi connectivity index (χ0) is 11.1. The van der Waals surface area contributed by atoms with E-state index >= 15 is 0 Å². The average Bonchev–Trinajstić information content (AvgIpc) is 2.79. The lowest BCUT2D eigenvalue weighted by Crippen LogP contribution is -1.89. The molecule has 0 saturated heterocycles. The van der Waals surface area contributed by atoms with E-state index in [-0.39, 0.29) is 0 Å². The van der Waals surface area contributed by atoms with Crippen molar-refractivity contribution >= 4 is 0 Å². The summed E-state index contributed by atoms with van der Waals surface area (Å²) in [5, 5.41) is 0. The Bertz CT molecular complexity index is 263.